The third kappa shape index (κ3) is 1.83. The van der Waals surface area contributed by atoms with E-state index < -0.39 is 0 Å². The number of hydrogen-bond acceptors (Lipinski definition) is 4. The van der Waals surface area contributed by atoms with Crippen LogP contribution in [0.5, 0.6) is 0 Å². The van der Waals surface area contributed by atoms with Crippen LogP contribution < -0.4 is 0 Å². The molecule has 0 aromatic carbocycles. The molecule has 1 heterocycles. The minimum atomic E-state index is -0.131. The second kappa shape index (κ2) is 4.31. The Kier molecular flexibility index (Phi) is 2.81. The highest BCUT2D eigenvalue weighted by molar-refractivity contribution is 5.89. The zero-order chi connectivity index (χ0) is 11.8. The summed E-state index contributed by atoms with van der Waals surface area (Å²) >= 11 is 0. The first-order chi connectivity index (χ1) is 8.29. The smallest absolute Gasteiger partial charge is 0.305 e. The number of carbonyl (C=O) groups excluding carboxylic acids is 1. The van der Waals surface area contributed by atoms with E-state index in [1.807, 2.05) is 0 Å². The summed E-state index contributed by atoms with van der Waals surface area (Å²) < 4.78 is 4.64. The van der Waals surface area contributed by atoms with Crippen molar-refractivity contribution in [3.05, 3.63) is 0 Å². The molecule has 94 valence electrons. The SMILES string of the molecule is COC(=O)CCCC1=NO[C@H]2[C@@H]3CC[C@@H](C3)[C@@H]12. The first-order valence-corrected chi connectivity index (χ1v) is 6.59. The molecule has 0 saturated heterocycles. The molecule has 2 fully saturated rings. The number of rotatable bonds is 4. The van der Waals surface area contributed by atoms with Crippen LogP contribution in [-0.2, 0) is 14.4 Å². The Hall–Kier alpha value is -1.06. The van der Waals surface area contributed by atoms with E-state index in [9.17, 15) is 4.79 Å². The standard InChI is InChI=1S/C13H19NO3/c1-16-11(15)4-2-3-10-12-8-5-6-9(7-8)13(12)17-14-10/h8-9,12-13H,2-7H2,1H3/t8-,9+,12-,13-/m0/s1. The zero-order valence-corrected chi connectivity index (χ0v) is 10.2. The Bertz CT molecular complexity index is 353. The summed E-state index contributed by atoms with van der Waals surface area (Å²) in [6.07, 6.45) is 6.55. The maximum atomic E-state index is 11.0. The Morgan fingerprint density at radius 1 is 1.47 bits per heavy atom. The third-order valence-corrected chi connectivity index (χ3v) is 4.56. The monoisotopic (exact) mass is 237 g/mol. The van der Waals surface area contributed by atoms with E-state index in [1.165, 1.54) is 32.1 Å². The molecular formula is C13H19NO3. The van der Waals surface area contributed by atoms with E-state index >= 15 is 0 Å². The van der Waals surface area contributed by atoms with Crippen molar-refractivity contribution in [1.29, 1.82) is 0 Å². The normalized spacial score (nSPS) is 37.6. The van der Waals surface area contributed by atoms with Crippen LogP contribution in [0.2, 0.25) is 0 Å². The first-order valence-electron chi connectivity index (χ1n) is 6.59. The summed E-state index contributed by atoms with van der Waals surface area (Å²) in [5, 5.41) is 4.25. The van der Waals surface area contributed by atoms with Gasteiger partial charge in [0.1, 0.15) is 6.10 Å². The number of fused-ring (bicyclic) bond motifs is 5. The number of hydrogen-bond donors (Lipinski definition) is 0. The molecule has 0 N–H and O–H groups in total. The van der Waals surface area contributed by atoms with Gasteiger partial charge in [0, 0.05) is 12.3 Å². The summed E-state index contributed by atoms with van der Waals surface area (Å²) in [6, 6.07) is 0. The van der Waals surface area contributed by atoms with Gasteiger partial charge in [-0.2, -0.15) is 0 Å². The number of ether oxygens (including phenoxy) is 1. The summed E-state index contributed by atoms with van der Waals surface area (Å²) in [6.45, 7) is 0. The molecular weight excluding hydrogens is 218 g/mol. The number of methoxy groups -OCH3 is 1. The van der Waals surface area contributed by atoms with Crippen LogP contribution in [0.25, 0.3) is 0 Å². The molecule has 0 aromatic heterocycles. The van der Waals surface area contributed by atoms with E-state index in [2.05, 4.69) is 9.89 Å². The Labute approximate surface area is 101 Å². The van der Waals surface area contributed by atoms with Gasteiger partial charge in [-0.25, -0.2) is 0 Å². The second-order valence-electron chi connectivity index (χ2n) is 5.44. The van der Waals surface area contributed by atoms with Crippen LogP contribution in [0.1, 0.15) is 38.5 Å². The molecule has 4 atom stereocenters. The summed E-state index contributed by atoms with van der Waals surface area (Å²) in [7, 11) is 1.44. The van der Waals surface area contributed by atoms with Crippen molar-refractivity contribution in [2.24, 2.45) is 22.9 Å². The Balaban J connectivity index is 1.53. The highest BCUT2D eigenvalue weighted by Crippen LogP contribution is 2.52. The Morgan fingerprint density at radius 3 is 3.12 bits per heavy atom. The fourth-order valence-corrected chi connectivity index (χ4v) is 3.77. The van der Waals surface area contributed by atoms with E-state index in [0.717, 1.165) is 24.7 Å². The molecule has 2 saturated carbocycles. The van der Waals surface area contributed by atoms with Gasteiger partial charge in [0.2, 0.25) is 0 Å². The molecule has 3 aliphatic rings. The van der Waals surface area contributed by atoms with Crippen molar-refractivity contribution in [2.75, 3.05) is 7.11 Å². The molecule has 0 radical (unpaired) electrons. The van der Waals surface area contributed by atoms with Crippen molar-refractivity contribution < 1.29 is 14.4 Å². The highest BCUT2D eigenvalue weighted by Gasteiger charge is 2.53. The van der Waals surface area contributed by atoms with Gasteiger partial charge in [-0.1, -0.05) is 5.16 Å². The van der Waals surface area contributed by atoms with Gasteiger partial charge in [0.05, 0.1) is 12.8 Å². The lowest BCUT2D eigenvalue weighted by molar-refractivity contribution is -0.140. The lowest BCUT2D eigenvalue weighted by Gasteiger charge is -2.22. The van der Waals surface area contributed by atoms with E-state index in [0.29, 0.717) is 18.4 Å². The van der Waals surface area contributed by atoms with Crippen LogP contribution in [-0.4, -0.2) is 24.9 Å². The molecule has 3 rings (SSSR count). The van der Waals surface area contributed by atoms with E-state index in [1.54, 1.807) is 0 Å². The lowest BCUT2D eigenvalue weighted by Crippen LogP contribution is -2.29. The zero-order valence-electron chi connectivity index (χ0n) is 10.2. The van der Waals surface area contributed by atoms with Crippen LogP contribution >= 0.6 is 0 Å². The van der Waals surface area contributed by atoms with Gasteiger partial charge in [-0.15, -0.1) is 0 Å². The van der Waals surface area contributed by atoms with Gasteiger partial charge in [-0.05, 0) is 43.9 Å². The quantitative estimate of drug-likeness (QED) is 0.704. The van der Waals surface area contributed by atoms with Crippen LogP contribution in [0, 0.1) is 17.8 Å². The second-order valence-corrected chi connectivity index (χ2v) is 5.44. The molecule has 0 amide bonds. The van der Waals surface area contributed by atoms with Crippen molar-refractivity contribution in [1.82, 2.24) is 0 Å². The number of carbonyl (C=O) groups is 1. The molecule has 17 heavy (non-hydrogen) atoms. The van der Waals surface area contributed by atoms with Crippen molar-refractivity contribution >= 4 is 11.7 Å². The molecule has 2 aliphatic carbocycles. The average Bonchev–Trinajstić information content (AvgIpc) is 3.00. The van der Waals surface area contributed by atoms with Crippen molar-refractivity contribution in [3.63, 3.8) is 0 Å². The van der Waals surface area contributed by atoms with Gasteiger partial charge in [-0.3, -0.25) is 4.79 Å². The first kappa shape index (κ1) is 11.1. The molecule has 0 unspecified atom stereocenters. The molecule has 4 nitrogen and oxygen atoms in total. The fraction of sp³-hybridized carbons (Fsp3) is 0.846. The van der Waals surface area contributed by atoms with Gasteiger partial charge in [0.25, 0.3) is 0 Å². The van der Waals surface area contributed by atoms with Crippen LogP contribution in [0.15, 0.2) is 5.16 Å². The molecule has 0 aromatic rings. The lowest BCUT2D eigenvalue weighted by atomic mass is 9.82. The number of esters is 1. The maximum absolute atomic E-state index is 11.0. The van der Waals surface area contributed by atoms with Gasteiger partial charge >= 0.3 is 5.97 Å². The molecule has 0 spiro atoms. The number of nitrogens with zero attached hydrogens (tertiary/aromatic N) is 1. The largest absolute Gasteiger partial charge is 0.469 e. The topological polar surface area (TPSA) is 47.9 Å². The van der Waals surface area contributed by atoms with Gasteiger partial charge < -0.3 is 9.57 Å². The fourth-order valence-electron chi connectivity index (χ4n) is 3.77. The Morgan fingerprint density at radius 2 is 2.29 bits per heavy atom. The predicted octanol–water partition coefficient (Wildman–Crippen LogP) is 2.13. The predicted molar refractivity (Wildman–Crippen MR) is 62.5 cm³/mol. The molecule has 4 heteroatoms. The van der Waals surface area contributed by atoms with E-state index in [4.69, 9.17) is 4.84 Å². The van der Waals surface area contributed by atoms with Crippen LogP contribution in [0.4, 0.5) is 0 Å². The minimum absolute atomic E-state index is 0.131. The van der Waals surface area contributed by atoms with Crippen molar-refractivity contribution in [2.45, 2.75) is 44.6 Å². The summed E-state index contributed by atoms with van der Waals surface area (Å²) in [5.41, 5.74) is 1.20. The van der Waals surface area contributed by atoms with Crippen LogP contribution in [0.3, 0.4) is 0 Å². The molecule has 2 bridgehead atoms. The van der Waals surface area contributed by atoms with Crippen molar-refractivity contribution in [3.8, 4) is 0 Å². The highest BCUT2D eigenvalue weighted by atomic mass is 16.6. The van der Waals surface area contributed by atoms with Gasteiger partial charge in [0.15, 0.2) is 0 Å². The summed E-state index contributed by atoms with van der Waals surface area (Å²) in [5.74, 6) is 1.97. The molecule has 1 aliphatic heterocycles. The average molecular weight is 237 g/mol. The third-order valence-electron chi connectivity index (χ3n) is 4.56. The summed E-state index contributed by atoms with van der Waals surface area (Å²) in [4.78, 5) is 16.6. The minimum Gasteiger partial charge on any atom is -0.469 e. The maximum Gasteiger partial charge on any atom is 0.305 e. The number of oxime groups is 1. The van der Waals surface area contributed by atoms with E-state index in [-0.39, 0.29) is 5.97 Å².